The first kappa shape index (κ1) is 11.1. The molecule has 2 unspecified atom stereocenters. The number of ether oxygens (including phenoxy) is 1. The Morgan fingerprint density at radius 1 is 1.44 bits per heavy atom. The normalized spacial score (nSPS) is 21.6. The SMILES string of the molecule is N#CC(NCc1ccccc1)C1CCCO1. The van der Waals surface area contributed by atoms with E-state index in [2.05, 4.69) is 23.5 Å². The van der Waals surface area contributed by atoms with Gasteiger partial charge in [-0.15, -0.1) is 0 Å². The van der Waals surface area contributed by atoms with Crippen LogP contribution in [0.25, 0.3) is 0 Å². The van der Waals surface area contributed by atoms with E-state index in [1.807, 2.05) is 18.2 Å². The van der Waals surface area contributed by atoms with Gasteiger partial charge in [-0.3, -0.25) is 5.32 Å². The van der Waals surface area contributed by atoms with Gasteiger partial charge in [0, 0.05) is 13.2 Å². The zero-order valence-corrected chi connectivity index (χ0v) is 9.23. The second kappa shape index (κ2) is 5.64. The number of benzene rings is 1. The topological polar surface area (TPSA) is 45.0 Å². The summed E-state index contributed by atoms with van der Waals surface area (Å²) in [6.07, 6.45) is 2.12. The van der Waals surface area contributed by atoms with Gasteiger partial charge in [0.1, 0.15) is 6.04 Å². The minimum Gasteiger partial charge on any atom is -0.375 e. The second-order valence-corrected chi connectivity index (χ2v) is 4.02. The zero-order valence-electron chi connectivity index (χ0n) is 9.23. The Hall–Kier alpha value is -1.37. The third kappa shape index (κ3) is 2.82. The molecule has 0 saturated carbocycles. The van der Waals surface area contributed by atoms with Crippen LogP contribution in [0.4, 0.5) is 0 Å². The summed E-state index contributed by atoms with van der Waals surface area (Å²) >= 11 is 0. The van der Waals surface area contributed by atoms with Gasteiger partial charge in [0.05, 0.1) is 12.2 Å². The van der Waals surface area contributed by atoms with E-state index in [1.54, 1.807) is 0 Å². The molecule has 2 rings (SSSR count). The van der Waals surface area contributed by atoms with Crippen molar-refractivity contribution in [2.24, 2.45) is 0 Å². The van der Waals surface area contributed by atoms with E-state index in [4.69, 9.17) is 10.00 Å². The second-order valence-electron chi connectivity index (χ2n) is 4.02. The summed E-state index contributed by atoms with van der Waals surface area (Å²) in [6, 6.07) is 12.2. The van der Waals surface area contributed by atoms with Crippen LogP contribution in [0, 0.1) is 11.3 Å². The van der Waals surface area contributed by atoms with Crippen LogP contribution in [0.3, 0.4) is 0 Å². The molecule has 2 atom stereocenters. The first-order valence-electron chi connectivity index (χ1n) is 5.68. The van der Waals surface area contributed by atoms with Gasteiger partial charge in [-0.2, -0.15) is 5.26 Å². The number of hydrogen-bond acceptors (Lipinski definition) is 3. The molecule has 1 aliphatic heterocycles. The summed E-state index contributed by atoms with van der Waals surface area (Å²) in [5, 5.41) is 12.3. The van der Waals surface area contributed by atoms with E-state index in [1.165, 1.54) is 5.56 Å². The predicted octanol–water partition coefficient (Wildman–Crippen LogP) is 1.85. The first-order chi connectivity index (χ1) is 7.90. The standard InChI is InChI=1S/C13H16N2O/c14-9-12(13-7-4-8-16-13)15-10-11-5-2-1-3-6-11/h1-3,5-6,12-13,15H,4,7-8,10H2. The Labute approximate surface area is 96.0 Å². The van der Waals surface area contributed by atoms with Gasteiger partial charge in [0.15, 0.2) is 0 Å². The van der Waals surface area contributed by atoms with Crippen LogP contribution < -0.4 is 5.32 Å². The molecular weight excluding hydrogens is 200 g/mol. The van der Waals surface area contributed by atoms with Gasteiger partial charge in [-0.25, -0.2) is 0 Å². The Bertz CT molecular complexity index is 352. The van der Waals surface area contributed by atoms with Crippen molar-refractivity contribution in [1.82, 2.24) is 5.32 Å². The van der Waals surface area contributed by atoms with Gasteiger partial charge in [-0.05, 0) is 18.4 Å². The van der Waals surface area contributed by atoms with Crippen LogP contribution in [0.2, 0.25) is 0 Å². The Morgan fingerprint density at radius 3 is 2.88 bits per heavy atom. The van der Waals surface area contributed by atoms with E-state index in [9.17, 15) is 0 Å². The minimum absolute atomic E-state index is 0.0636. The van der Waals surface area contributed by atoms with Crippen LogP contribution in [0.1, 0.15) is 18.4 Å². The van der Waals surface area contributed by atoms with Crippen molar-refractivity contribution in [2.75, 3.05) is 6.61 Å². The molecule has 1 heterocycles. The summed E-state index contributed by atoms with van der Waals surface area (Å²) < 4.78 is 5.51. The lowest BCUT2D eigenvalue weighted by Gasteiger charge is -2.17. The Morgan fingerprint density at radius 2 is 2.25 bits per heavy atom. The van der Waals surface area contributed by atoms with Crippen LogP contribution >= 0.6 is 0 Å². The highest BCUT2D eigenvalue weighted by atomic mass is 16.5. The van der Waals surface area contributed by atoms with Gasteiger partial charge in [0.25, 0.3) is 0 Å². The fourth-order valence-corrected chi connectivity index (χ4v) is 1.95. The van der Waals surface area contributed by atoms with Gasteiger partial charge in [-0.1, -0.05) is 30.3 Å². The average molecular weight is 216 g/mol. The van der Waals surface area contributed by atoms with Crippen molar-refractivity contribution in [3.63, 3.8) is 0 Å². The highest BCUT2D eigenvalue weighted by Crippen LogP contribution is 2.15. The van der Waals surface area contributed by atoms with Crippen molar-refractivity contribution >= 4 is 0 Å². The molecule has 0 aliphatic carbocycles. The van der Waals surface area contributed by atoms with E-state index in [-0.39, 0.29) is 12.1 Å². The molecule has 0 spiro atoms. The summed E-state index contributed by atoms with van der Waals surface area (Å²) in [5.74, 6) is 0. The fraction of sp³-hybridized carbons (Fsp3) is 0.462. The summed E-state index contributed by atoms with van der Waals surface area (Å²) in [6.45, 7) is 1.51. The van der Waals surface area contributed by atoms with Crippen molar-refractivity contribution in [3.05, 3.63) is 35.9 Å². The number of rotatable bonds is 4. The smallest absolute Gasteiger partial charge is 0.122 e. The molecule has 3 heteroatoms. The maximum atomic E-state index is 9.07. The van der Waals surface area contributed by atoms with E-state index < -0.39 is 0 Å². The number of nitrogens with zero attached hydrogens (tertiary/aromatic N) is 1. The fourth-order valence-electron chi connectivity index (χ4n) is 1.95. The number of nitrogens with one attached hydrogen (secondary N) is 1. The molecule has 0 radical (unpaired) electrons. The van der Waals surface area contributed by atoms with Crippen LogP contribution in [-0.4, -0.2) is 18.8 Å². The molecule has 1 N–H and O–H groups in total. The molecule has 16 heavy (non-hydrogen) atoms. The quantitative estimate of drug-likeness (QED) is 0.835. The zero-order chi connectivity index (χ0) is 11.2. The largest absolute Gasteiger partial charge is 0.375 e. The lowest BCUT2D eigenvalue weighted by molar-refractivity contribution is 0.0928. The predicted molar refractivity (Wildman–Crippen MR) is 61.7 cm³/mol. The summed E-state index contributed by atoms with van der Waals surface area (Å²) in [7, 11) is 0. The lowest BCUT2D eigenvalue weighted by Crippen LogP contribution is -2.37. The Balaban J connectivity index is 1.86. The maximum Gasteiger partial charge on any atom is 0.122 e. The average Bonchev–Trinajstić information content (AvgIpc) is 2.85. The minimum atomic E-state index is -0.192. The highest BCUT2D eigenvalue weighted by Gasteiger charge is 2.25. The molecule has 0 amide bonds. The Kier molecular flexibility index (Phi) is 3.92. The summed E-state index contributed by atoms with van der Waals surface area (Å²) in [5.41, 5.74) is 1.20. The van der Waals surface area contributed by atoms with Crippen molar-refractivity contribution < 1.29 is 4.74 Å². The maximum absolute atomic E-state index is 9.07. The molecule has 1 aliphatic rings. The van der Waals surface area contributed by atoms with Crippen molar-refractivity contribution in [2.45, 2.75) is 31.5 Å². The molecule has 84 valence electrons. The molecule has 3 nitrogen and oxygen atoms in total. The molecule has 0 aromatic heterocycles. The number of nitriles is 1. The van der Waals surface area contributed by atoms with E-state index >= 15 is 0 Å². The van der Waals surface area contributed by atoms with Crippen LogP contribution in [0.15, 0.2) is 30.3 Å². The molecule has 0 bridgehead atoms. The first-order valence-corrected chi connectivity index (χ1v) is 5.68. The van der Waals surface area contributed by atoms with Crippen molar-refractivity contribution in [1.29, 1.82) is 5.26 Å². The molecule has 1 saturated heterocycles. The van der Waals surface area contributed by atoms with Gasteiger partial charge in [0.2, 0.25) is 0 Å². The van der Waals surface area contributed by atoms with E-state index in [0.29, 0.717) is 0 Å². The lowest BCUT2D eigenvalue weighted by atomic mass is 10.1. The molecule has 1 fully saturated rings. The van der Waals surface area contributed by atoms with Crippen LogP contribution in [-0.2, 0) is 11.3 Å². The summed E-state index contributed by atoms with van der Waals surface area (Å²) in [4.78, 5) is 0. The molecule has 1 aromatic carbocycles. The highest BCUT2D eigenvalue weighted by molar-refractivity contribution is 5.15. The monoisotopic (exact) mass is 216 g/mol. The van der Waals surface area contributed by atoms with E-state index in [0.717, 1.165) is 26.0 Å². The molecule has 1 aromatic rings. The van der Waals surface area contributed by atoms with Crippen LogP contribution in [0.5, 0.6) is 0 Å². The molecular formula is C13H16N2O. The van der Waals surface area contributed by atoms with Crippen molar-refractivity contribution in [3.8, 4) is 6.07 Å². The van der Waals surface area contributed by atoms with Gasteiger partial charge < -0.3 is 4.74 Å². The third-order valence-corrected chi connectivity index (χ3v) is 2.84. The number of hydrogen-bond donors (Lipinski definition) is 1. The van der Waals surface area contributed by atoms with Gasteiger partial charge >= 0.3 is 0 Å². The third-order valence-electron chi connectivity index (χ3n) is 2.84.